The molecule has 0 aromatic heterocycles. The van der Waals surface area contributed by atoms with Crippen molar-refractivity contribution in [1.29, 1.82) is 0 Å². The van der Waals surface area contributed by atoms with E-state index in [0.29, 0.717) is 18.8 Å². The van der Waals surface area contributed by atoms with Gasteiger partial charge < -0.3 is 15.2 Å². The van der Waals surface area contributed by atoms with Crippen LogP contribution in [-0.4, -0.2) is 20.3 Å². The van der Waals surface area contributed by atoms with Crippen LogP contribution in [0.2, 0.25) is 0 Å². The molecule has 0 heterocycles. The average Bonchev–Trinajstić information content (AvgIpc) is 2.20. The smallest absolute Gasteiger partial charge is 0.165 e. The van der Waals surface area contributed by atoms with Crippen molar-refractivity contribution in [2.24, 2.45) is 5.73 Å². The van der Waals surface area contributed by atoms with Gasteiger partial charge in [-0.05, 0) is 13.0 Å². The van der Waals surface area contributed by atoms with Crippen LogP contribution >= 0.6 is 0 Å². The highest BCUT2D eigenvalue weighted by atomic mass is 19.1. The lowest BCUT2D eigenvalue weighted by Crippen LogP contribution is -2.11. The standard InChI is InChI=1S/C11H16FNO2/c1-8(13)9-4-3-5-10(12)11(9)15-7-6-14-2/h3-5,8H,6-7,13H2,1-2H3/t8-/m1/s1. The van der Waals surface area contributed by atoms with Gasteiger partial charge >= 0.3 is 0 Å². The van der Waals surface area contributed by atoms with Crippen LogP contribution in [0.1, 0.15) is 18.5 Å². The fourth-order valence-corrected chi connectivity index (χ4v) is 1.26. The maximum absolute atomic E-state index is 13.4. The second kappa shape index (κ2) is 5.68. The van der Waals surface area contributed by atoms with Gasteiger partial charge in [-0.2, -0.15) is 0 Å². The molecule has 84 valence electrons. The van der Waals surface area contributed by atoms with Gasteiger partial charge in [0, 0.05) is 18.7 Å². The summed E-state index contributed by atoms with van der Waals surface area (Å²) in [5, 5.41) is 0. The topological polar surface area (TPSA) is 44.5 Å². The van der Waals surface area contributed by atoms with Gasteiger partial charge in [0.1, 0.15) is 6.61 Å². The zero-order valence-corrected chi connectivity index (χ0v) is 9.00. The number of ether oxygens (including phenoxy) is 2. The minimum Gasteiger partial charge on any atom is -0.488 e. The Morgan fingerprint density at radius 3 is 2.73 bits per heavy atom. The lowest BCUT2D eigenvalue weighted by Gasteiger charge is -2.14. The fourth-order valence-electron chi connectivity index (χ4n) is 1.26. The van der Waals surface area contributed by atoms with Gasteiger partial charge in [-0.15, -0.1) is 0 Å². The molecule has 0 radical (unpaired) electrons. The van der Waals surface area contributed by atoms with E-state index in [9.17, 15) is 4.39 Å². The normalized spacial score (nSPS) is 12.5. The van der Waals surface area contributed by atoms with E-state index in [0.717, 1.165) is 0 Å². The van der Waals surface area contributed by atoms with Gasteiger partial charge in [0.15, 0.2) is 11.6 Å². The Morgan fingerprint density at radius 1 is 1.40 bits per heavy atom. The molecule has 0 amide bonds. The Hall–Kier alpha value is -1.13. The number of hydrogen-bond acceptors (Lipinski definition) is 3. The summed E-state index contributed by atoms with van der Waals surface area (Å²) in [5.74, 6) is -0.162. The molecule has 4 heteroatoms. The molecule has 0 aliphatic carbocycles. The predicted molar refractivity (Wildman–Crippen MR) is 56.4 cm³/mol. The van der Waals surface area contributed by atoms with Crippen molar-refractivity contribution in [1.82, 2.24) is 0 Å². The summed E-state index contributed by atoms with van der Waals surface area (Å²) in [4.78, 5) is 0. The van der Waals surface area contributed by atoms with Gasteiger partial charge in [0.05, 0.1) is 6.61 Å². The molecule has 0 saturated heterocycles. The van der Waals surface area contributed by atoms with E-state index >= 15 is 0 Å². The van der Waals surface area contributed by atoms with Gasteiger partial charge in [-0.3, -0.25) is 0 Å². The van der Waals surface area contributed by atoms with Crippen molar-refractivity contribution < 1.29 is 13.9 Å². The first kappa shape index (κ1) is 11.9. The number of hydrogen-bond donors (Lipinski definition) is 1. The molecular formula is C11H16FNO2. The Bertz CT molecular complexity index is 315. The van der Waals surface area contributed by atoms with Crippen LogP contribution in [-0.2, 0) is 4.74 Å². The van der Waals surface area contributed by atoms with E-state index in [1.54, 1.807) is 26.2 Å². The third kappa shape index (κ3) is 3.18. The summed E-state index contributed by atoms with van der Waals surface area (Å²) < 4.78 is 23.5. The molecular weight excluding hydrogens is 197 g/mol. The Kier molecular flexibility index (Phi) is 4.52. The SMILES string of the molecule is COCCOc1c(F)cccc1[C@@H](C)N. The van der Waals surface area contributed by atoms with Crippen molar-refractivity contribution in [2.45, 2.75) is 13.0 Å². The average molecular weight is 213 g/mol. The molecule has 0 bridgehead atoms. The van der Waals surface area contributed by atoms with Crippen LogP contribution in [0.15, 0.2) is 18.2 Å². The van der Waals surface area contributed by atoms with Crippen LogP contribution in [0.5, 0.6) is 5.75 Å². The number of para-hydroxylation sites is 1. The van der Waals surface area contributed by atoms with E-state index < -0.39 is 0 Å². The molecule has 1 aromatic carbocycles. The van der Waals surface area contributed by atoms with E-state index in [1.807, 2.05) is 0 Å². The van der Waals surface area contributed by atoms with Gasteiger partial charge in [-0.25, -0.2) is 4.39 Å². The second-order valence-corrected chi connectivity index (χ2v) is 3.29. The summed E-state index contributed by atoms with van der Waals surface area (Å²) >= 11 is 0. The maximum Gasteiger partial charge on any atom is 0.165 e. The van der Waals surface area contributed by atoms with Crippen molar-refractivity contribution in [3.05, 3.63) is 29.6 Å². The first-order valence-electron chi connectivity index (χ1n) is 4.82. The lowest BCUT2D eigenvalue weighted by molar-refractivity contribution is 0.143. The molecule has 0 unspecified atom stereocenters. The van der Waals surface area contributed by atoms with Gasteiger partial charge in [0.25, 0.3) is 0 Å². The number of methoxy groups -OCH3 is 1. The summed E-state index contributed by atoms with van der Waals surface area (Å²) in [6, 6.07) is 4.49. The van der Waals surface area contributed by atoms with Crippen LogP contribution in [0.3, 0.4) is 0 Å². The molecule has 15 heavy (non-hydrogen) atoms. The highest BCUT2D eigenvalue weighted by Gasteiger charge is 2.12. The van der Waals surface area contributed by atoms with Crippen molar-refractivity contribution >= 4 is 0 Å². The molecule has 0 aliphatic heterocycles. The van der Waals surface area contributed by atoms with E-state index in [-0.39, 0.29) is 17.6 Å². The Morgan fingerprint density at radius 2 is 2.13 bits per heavy atom. The quantitative estimate of drug-likeness (QED) is 0.759. The van der Waals surface area contributed by atoms with Crippen molar-refractivity contribution in [3.8, 4) is 5.75 Å². The highest BCUT2D eigenvalue weighted by molar-refractivity contribution is 5.36. The van der Waals surface area contributed by atoms with E-state index in [1.165, 1.54) is 6.07 Å². The third-order valence-corrected chi connectivity index (χ3v) is 2.02. The van der Waals surface area contributed by atoms with Gasteiger partial charge in [-0.1, -0.05) is 12.1 Å². The maximum atomic E-state index is 13.4. The molecule has 2 N–H and O–H groups in total. The lowest BCUT2D eigenvalue weighted by atomic mass is 10.1. The summed E-state index contributed by atoms with van der Waals surface area (Å²) in [6.07, 6.45) is 0. The Balaban J connectivity index is 2.82. The van der Waals surface area contributed by atoms with Gasteiger partial charge in [0.2, 0.25) is 0 Å². The number of benzene rings is 1. The molecule has 0 fully saturated rings. The summed E-state index contributed by atoms with van der Waals surface area (Å²) in [5.41, 5.74) is 6.38. The zero-order chi connectivity index (χ0) is 11.3. The minimum absolute atomic E-state index is 0.226. The zero-order valence-electron chi connectivity index (χ0n) is 9.00. The molecule has 1 rings (SSSR count). The highest BCUT2D eigenvalue weighted by Crippen LogP contribution is 2.26. The van der Waals surface area contributed by atoms with Crippen LogP contribution < -0.4 is 10.5 Å². The third-order valence-electron chi connectivity index (χ3n) is 2.02. The minimum atomic E-state index is -0.388. The first-order chi connectivity index (χ1) is 7.16. The Labute approximate surface area is 89.0 Å². The van der Waals surface area contributed by atoms with Crippen LogP contribution in [0.4, 0.5) is 4.39 Å². The largest absolute Gasteiger partial charge is 0.488 e. The fraction of sp³-hybridized carbons (Fsp3) is 0.455. The monoisotopic (exact) mass is 213 g/mol. The van der Waals surface area contributed by atoms with Crippen molar-refractivity contribution in [2.75, 3.05) is 20.3 Å². The van der Waals surface area contributed by atoms with Crippen molar-refractivity contribution in [3.63, 3.8) is 0 Å². The number of halogens is 1. The second-order valence-electron chi connectivity index (χ2n) is 3.29. The number of nitrogens with two attached hydrogens (primary N) is 1. The molecule has 0 aliphatic rings. The van der Waals surface area contributed by atoms with Crippen LogP contribution in [0, 0.1) is 5.82 Å². The molecule has 0 saturated carbocycles. The summed E-state index contributed by atoms with van der Waals surface area (Å²) in [7, 11) is 1.57. The van der Waals surface area contributed by atoms with E-state index in [4.69, 9.17) is 15.2 Å². The predicted octanol–water partition coefficient (Wildman–Crippen LogP) is 1.87. The molecule has 1 aromatic rings. The van der Waals surface area contributed by atoms with E-state index in [2.05, 4.69) is 0 Å². The molecule has 0 spiro atoms. The molecule has 1 atom stereocenters. The first-order valence-corrected chi connectivity index (χ1v) is 4.82. The van der Waals surface area contributed by atoms with Crippen LogP contribution in [0.25, 0.3) is 0 Å². The molecule has 3 nitrogen and oxygen atoms in total. The summed E-state index contributed by atoms with van der Waals surface area (Å²) in [6.45, 7) is 2.53. The number of rotatable bonds is 5.